The molecule has 2 aromatic rings. The molecule has 18 heavy (non-hydrogen) atoms. The van der Waals surface area contributed by atoms with Crippen LogP contribution in [0.2, 0.25) is 0 Å². The van der Waals surface area contributed by atoms with Gasteiger partial charge in [-0.15, -0.1) is 0 Å². The van der Waals surface area contributed by atoms with Crippen LogP contribution in [0, 0.1) is 6.92 Å². The van der Waals surface area contributed by atoms with Gasteiger partial charge in [0, 0.05) is 18.7 Å². The van der Waals surface area contributed by atoms with Crippen LogP contribution in [0.3, 0.4) is 0 Å². The quantitative estimate of drug-likeness (QED) is 0.879. The van der Waals surface area contributed by atoms with Crippen LogP contribution < -0.4 is 5.73 Å². The number of likely N-dealkylation sites (N-methyl/N-ethyl adjacent to an activating group) is 1. The molecule has 2 N–H and O–H groups in total. The van der Waals surface area contributed by atoms with E-state index in [9.17, 15) is 0 Å². The van der Waals surface area contributed by atoms with Gasteiger partial charge < -0.3 is 10.2 Å². The third-order valence-electron chi connectivity index (χ3n) is 3.20. The molecule has 0 aliphatic carbocycles. The Morgan fingerprint density at radius 2 is 2.17 bits per heavy atom. The molecule has 1 aromatic carbocycles. The molecule has 0 spiro atoms. The molecule has 1 aromatic heterocycles. The Hall–Kier alpha value is -1.58. The first-order valence-electron chi connectivity index (χ1n) is 6.18. The van der Waals surface area contributed by atoms with E-state index in [-0.39, 0.29) is 6.04 Å². The highest BCUT2D eigenvalue weighted by atomic mass is 16.3. The largest absolute Gasteiger partial charge is 0.472 e. The minimum absolute atomic E-state index is 0.198. The van der Waals surface area contributed by atoms with Crippen molar-refractivity contribution in [3.63, 3.8) is 0 Å². The van der Waals surface area contributed by atoms with Gasteiger partial charge in [-0.2, -0.15) is 0 Å². The molecule has 1 unspecified atom stereocenters. The Labute approximate surface area is 108 Å². The highest BCUT2D eigenvalue weighted by Gasteiger charge is 2.16. The summed E-state index contributed by atoms with van der Waals surface area (Å²) in [6.45, 7) is 3.58. The van der Waals surface area contributed by atoms with Gasteiger partial charge in [-0.25, -0.2) is 0 Å². The number of furan rings is 1. The molecule has 0 aliphatic rings. The van der Waals surface area contributed by atoms with Crippen LogP contribution in [0.1, 0.15) is 22.7 Å². The maximum absolute atomic E-state index is 5.87. The number of hydrogen-bond acceptors (Lipinski definition) is 3. The van der Waals surface area contributed by atoms with Crippen molar-refractivity contribution < 1.29 is 4.42 Å². The average molecular weight is 244 g/mol. The maximum Gasteiger partial charge on any atom is 0.0950 e. The Morgan fingerprint density at radius 3 is 2.78 bits per heavy atom. The van der Waals surface area contributed by atoms with Crippen molar-refractivity contribution in [2.24, 2.45) is 5.73 Å². The molecule has 0 amide bonds. The lowest BCUT2D eigenvalue weighted by Gasteiger charge is -2.26. The molecule has 96 valence electrons. The molecule has 0 aliphatic heterocycles. The predicted molar refractivity (Wildman–Crippen MR) is 73.1 cm³/mol. The average Bonchev–Trinajstić information content (AvgIpc) is 2.83. The zero-order chi connectivity index (χ0) is 13.0. The van der Waals surface area contributed by atoms with E-state index < -0.39 is 0 Å². The number of aryl methyl sites for hydroxylation is 1. The summed E-state index contributed by atoms with van der Waals surface area (Å²) < 4.78 is 5.13. The van der Waals surface area contributed by atoms with E-state index in [1.54, 1.807) is 12.5 Å². The second-order valence-corrected chi connectivity index (χ2v) is 4.71. The van der Waals surface area contributed by atoms with E-state index in [1.165, 1.54) is 11.1 Å². The second kappa shape index (κ2) is 5.85. The fourth-order valence-electron chi connectivity index (χ4n) is 2.24. The first-order chi connectivity index (χ1) is 8.70. The van der Waals surface area contributed by atoms with E-state index >= 15 is 0 Å². The summed E-state index contributed by atoms with van der Waals surface area (Å²) in [5, 5.41) is 0. The van der Waals surface area contributed by atoms with Crippen LogP contribution in [-0.2, 0) is 6.54 Å². The van der Waals surface area contributed by atoms with Gasteiger partial charge in [-0.3, -0.25) is 4.90 Å². The fraction of sp³-hybridized carbons (Fsp3) is 0.333. The number of benzene rings is 1. The summed E-state index contributed by atoms with van der Waals surface area (Å²) in [5.41, 5.74) is 9.59. The van der Waals surface area contributed by atoms with Gasteiger partial charge in [-0.1, -0.05) is 29.8 Å². The van der Waals surface area contributed by atoms with E-state index in [1.807, 2.05) is 6.07 Å². The summed E-state index contributed by atoms with van der Waals surface area (Å²) in [5.74, 6) is 0. The highest BCUT2D eigenvalue weighted by molar-refractivity contribution is 5.22. The summed E-state index contributed by atoms with van der Waals surface area (Å²) in [6, 6.07) is 10.7. The molecule has 0 saturated carbocycles. The lowest BCUT2D eigenvalue weighted by atomic mass is 10.1. The number of rotatable bonds is 5. The van der Waals surface area contributed by atoms with Gasteiger partial charge >= 0.3 is 0 Å². The number of hydrogen-bond donors (Lipinski definition) is 1. The maximum atomic E-state index is 5.87. The van der Waals surface area contributed by atoms with Crippen LogP contribution in [0.15, 0.2) is 47.3 Å². The van der Waals surface area contributed by atoms with E-state index in [4.69, 9.17) is 10.2 Å². The Kier molecular flexibility index (Phi) is 4.18. The van der Waals surface area contributed by atoms with Gasteiger partial charge in [0.15, 0.2) is 0 Å². The molecular formula is C15H20N2O. The first-order valence-corrected chi connectivity index (χ1v) is 6.18. The molecule has 0 radical (unpaired) electrons. The normalized spacial score (nSPS) is 12.9. The van der Waals surface area contributed by atoms with Crippen molar-refractivity contribution in [2.75, 3.05) is 13.6 Å². The number of nitrogens with two attached hydrogens (primary N) is 1. The van der Waals surface area contributed by atoms with Crippen LogP contribution in [0.5, 0.6) is 0 Å². The van der Waals surface area contributed by atoms with Crippen LogP contribution >= 0.6 is 0 Å². The minimum atomic E-state index is 0.198. The molecule has 1 heterocycles. The monoisotopic (exact) mass is 244 g/mol. The standard InChI is InChI=1S/C15H20N2O/c1-12-4-3-5-13(8-12)10-17(2)15(9-16)14-6-7-18-11-14/h3-8,11,15H,9-10,16H2,1-2H3. The third kappa shape index (κ3) is 3.00. The van der Waals surface area contributed by atoms with Crippen molar-refractivity contribution in [1.82, 2.24) is 4.90 Å². The first kappa shape index (κ1) is 12.9. The summed E-state index contributed by atoms with van der Waals surface area (Å²) >= 11 is 0. The molecule has 3 nitrogen and oxygen atoms in total. The molecule has 0 bridgehead atoms. The minimum Gasteiger partial charge on any atom is -0.472 e. The topological polar surface area (TPSA) is 42.4 Å². The predicted octanol–water partition coefficient (Wildman–Crippen LogP) is 2.72. The van der Waals surface area contributed by atoms with Crippen LogP contribution in [0.25, 0.3) is 0 Å². The van der Waals surface area contributed by atoms with Crippen LogP contribution in [-0.4, -0.2) is 18.5 Å². The van der Waals surface area contributed by atoms with Gasteiger partial charge in [0.25, 0.3) is 0 Å². The smallest absolute Gasteiger partial charge is 0.0950 e. The van der Waals surface area contributed by atoms with E-state index in [0.717, 1.165) is 12.1 Å². The van der Waals surface area contributed by atoms with E-state index in [0.29, 0.717) is 6.54 Å². The highest BCUT2D eigenvalue weighted by Crippen LogP contribution is 2.20. The van der Waals surface area contributed by atoms with Crippen molar-refractivity contribution in [1.29, 1.82) is 0 Å². The van der Waals surface area contributed by atoms with E-state index in [2.05, 4.69) is 43.1 Å². The zero-order valence-corrected chi connectivity index (χ0v) is 11.0. The lowest BCUT2D eigenvalue weighted by Crippen LogP contribution is -2.29. The van der Waals surface area contributed by atoms with Gasteiger partial charge in [0.2, 0.25) is 0 Å². The molecular weight excluding hydrogens is 224 g/mol. The second-order valence-electron chi connectivity index (χ2n) is 4.71. The summed E-state index contributed by atoms with van der Waals surface area (Å²) in [4.78, 5) is 2.25. The summed E-state index contributed by atoms with van der Waals surface area (Å²) in [7, 11) is 2.09. The fourth-order valence-corrected chi connectivity index (χ4v) is 2.24. The SMILES string of the molecule is Cc1cccc(CN(C)C(CN)c2ccoc2)c1. The van der Waals surface area contributed by atoms with Crippen molar-refractivity contribution >= 4 is 0 Å². The van der Waals surface area contributed by atoms with Crippen LogP contribution in [0.4, 0.5) is 0 Å². The van der Waals surface area contributed by atoms with Gasteiger partial charge in [-0.05, 0) is 25.6 Å². The Morgan fingerprint density at radius 1 is 1.33 bits per heavy atom. The van der Waals surface area contributed by atoms with Crippen molar-refractivity contribution in [2.45, 2.75) is 19.5 Å². The van der Waals surface area contributed by atoms with Gasteiger partial charge in [0.1, 0.15) is 0 Å². The Bertz CT molecular complexity index is 479. The zero-order valence-electron chi connectivity index (χ0n) is 11.0. The molecule has 2 rings (SSSR count). The van der Waals surface area contributed by atoms with Gasteiger partial charge in [0.05, 0.1) is 18.6 Å². The summed E-state index contributed by atoms with van der Waals surface area (Å²) in [6.07, 6.45) is 3.46. The lowest BCUT2D eigenvalue weighted by molar-refractivity contribution is 0.240. The van der Waals surface area contributed by atoms with Crippen molar-refractivity contribution in [3.8, 4) is 0 Å². The molecule has 0 saturated heterocycles. The van der Waals surface area contributed by atoms with Crippen molar-refractivity contribution in [3.05, 3.63) is 59.5 Å². The Balaban J connectivity index is 2.08. The molecule has 1 atom stereocenters. The third-order valence-corrected chi connectivity index (χ3v) is 3.20. The molecule has 3 heteroatoms. The molecule has 0 fully saturated rings. The number of nitrogens with zero attached hydrogens (tertiary/aromatic N) is 1.